The van der Waals surface area contributed by atoms with Gasteiger partial charge in [0.15, 0.2) is 0 Å². The number of hydrogen-bond acceptors (Lipinski definition) is 4. The predicted octanol–water partition coefficient (Wildman–Crippen LogP) is 4.75. The summed E-state index contributed by atoms with van der Waals surface area (Å²) in [6.45, 7) is 5.59. The molecular formula is C25H28FN3O3. The average Bonchev–Trinajstić information content (AvgIpc) is 3.21. The van der Waals surface area contributed by atoms with Crippen LogP contribution in [0.4, 0.5) is 4.39 Å². The Morgan fingerprint density at radius 3 is 2.78 bits per heavy atom. The number of carboxylic acid groups (broad SMARTS) is 1. The minimum atomic E-state index is -1.37. The highest BCUT2D eigenvalue weighted by Gasteiger charge is 2.38. The number of benzene rings is 2. The number of aliphatic carboxylic acids is 1. The number of carboxylic acids is 1. The summed E-state index contributed by atoms with van der Waals surface area (Å²) < 4.78 is 20.6. The summed E-state index contributed by atoms with van der Waals surface area (Å²) in [5, 5.41) is 17.3. The number of halogens is 1. The van der Waals surface area contributed by atoms with Crippen LogP contribution in [0.1, 0.15) is 49.1 Å². The highest BCUT2D eigenvalue weighted by Crippen LogP contribution is 2.44. The fourth-order valence-corrected chi connectivity index (χ4v) is 4.67. The Bertz CT molecular complexity index is 1180. The van der Waals surface area contributed by atoms with Gasteiger partial charge in [0.25, 0.3) is 0 Å². The molecule has 0 bridgehead atoms. The maximum Gasteiger partial charge on any atom is 0.328 e. The highest BCUT2D eigenvalue weighted by molar-refractivity contribution is 5.85. The van der Waals surface area contributed by atoms with Crippen molar-refractivity contribution in [2.75, 3.05) is 13.7 Å². The minimum Gasteiger partial charge on any atom is -0.496 e. The maximum atomic E-state index is 14.9. The average molecular weight is 438 g/mol. The zero-order valence-corrected chi connectivity index (χ0v) is 18.7. The van der Waals surface area contributed by atoms with Crippen LogP contribution in [0.15, 0.2) is 42.6 Å². The van der Waals surface area contributed by atoms with E-state index in [9.17, 15) is 9.18 Å². The van der Waals surface area contributed by atoms with Crippen LogP contribution < -0.4 is 4.74 Å². The summed E-state index contributed by atoms with van der Waals surface area (Å²) in [5.41, 5.74) is 3.56. The van der Waals surface area contributed by atoms with Crippen molar-refractivity contribution in [3.8, 4) is 5.75 Å². The number of rotatable bonds is 6. The second-order valence-electron chi connectivity index (χ2n) is 8.98. The van der Waals surface area contributed by atoms with Crippen LogP contribution in [-0.2, 0) is 11.2 Å². The van der Waals surface area contributed by atoms with E-state index in [-0.39, 0.29) is 18.6 Å². The van der Waals surface area contributed by atoms with E-state index in [2.05, 4.69) is 28.1 Å². The molecule has 1 aromatic heterocycles. The molecule has 2 N–H and O–H groups in total. The lowest BCUT2D eigenvalue weighted by atomic mass is 9.82. The number of aromatic nitrogens is 2. The highest BCUT2D eigenvalue weighted by atomic mass is 19.1. The van der Waals surface area contributed by atoms with Crippen molar-refractivity contribution in [1.29, 1.82) is 0 Å². The van der Waals surface area contributed by atoms with E-state index in [0.29, 0.717) is 5.75 Å². The van der Waals surface area contributed by atoms with Gasteiger partial charge >= 0.3 is 5.97 Å². The summed E-state index contributed by atoms with van der Waals surface area (Å²) in [5.74, 6) is -0.375. The lowest BCUT2D eigenvalue weighted by Gasteiger charge is -2.44. The third-order valence-electron chi connectivity index (χ3n) is 5.99. The second kappa shape index (κ2) is 8.39. The molecule has 3 aromatic rings. The smallest absolute Gasteiger partial charge is 0.328 e. The van der Waals surface area contributed by atoms with Crippen LogP contribution in [0.3, 0.4) is 0 Å². The molecule has 4 rings (SSSR count). The normalized spacial score (nSPS) is 19.4. The topological polar surface area (TPSA) is 78.5 Å². The summed E-state index contributed by atoms with van der Waals surface area (Å²) in [6, 6.07) is 9.62. The summed E-state index contributed by atoms with van der Waals surface area (Å²) in [4.78, 5) is 13.1. The largest absolute Gasteiger partial charge is 0.496 e. The monoisotopic (exact) mass is 437 g/mol. The third kappa shape index (κ3) is 4.25. The maximum absolute atomic E-state index is 14.9. The first-order valence-corrected chi connectivity index (χ1v) is 10.7. The number of aromatic amines is 1. The number of methoxy groups -OCH3 is 1. The zero-order valence-electron chi connectivity index (χ0n) is 18.7. The molecule has 0 unspecified atom stereocenters. The van der Waals surface area contributed by atoms with E-state index in [4.69, 9.17) is 9.84 Å². The van der Waals surface area contributed by atoms with Crippen molar-refractivity contribution >= 4 is 22.9 Å². The van der Waals surface area contributed by atoms with Crippen LogP contribution in [0.5, 0.6) is 5.75 Å². The molecular weight excluding hydrogens is 409 g/mol. The summed E-state index contributed by atoms with van der Waals surface area (Å²) >= 11 is 0. The molecule has 0 fully saturated rings. The Hall–Kier alpha value is -3.19. The van der Waals surface area contributed by atoms with Crippen molar-refractivity contribution in [3.63, 3.8) is 0 Å². The third-order valence-corrected chi connectivity index (χ3v) is 5.99. The van der Waals surface area contributed by atoms with Crippen molar-refractivity contribution in [3.05, 3.63) is 64.9 Å². The first kappa shape index (κ1) is 22.0. The molecule has 1 aliphatic rings. The fraction of sp³-hybridized carbons (Fsp3) is 0.360. The molecule has 168 valence electrons. The Morgan fingerprint density at radius 2 is 2.09 bits per heavy atom. The van der Waals surface area contributed by atoms with E-state index in [1.54, 1.807) is 21.0 Å². The van der Waals surface area contributed by atoms with Crippen molar-refractivity contribution in [2.24, 2.45) is 0 Å². The number of nitrogens with one attached hydrogen (secondary N) is 1. The molecule has 2 atom stereocenters. The van der Waals surface area contributed by atoms with Crippen LogP contribution in [0, 0.1) is 0 Å². The van der Waals surface area contributed by atoms with Gasteiger partial charge < -0.3 is 9.84 Å². The van der Waals surface area contributed by atoms with Crippen LogP contribution in [0.25, 0.3) is 17.0 Å². The number of carbonyl (C=O) groups is 1. The molecule has 7 heteroatoms. The number of hydrogen-bond donors (Lipinski definition) is 2. The molecule has 1 aliphatic heterocycles. The molecule has 0 saturated carbocycles. The SMILES string of the molecule is COc1cc(/C=C/C(=O)O)ccc1[C@@H]1c2ccc3[nH]ncc3c2C[C@@H](C)N1CC(C)(C)F. The Balaban J connectivity index is 1.89. The van der Waals surface area contributed by atoms with Crippen molar-refractivity contribution in [1.82, 2.24) is 15.1 Å². The Kier molecular flexibility index (Phi) is 5.77. The van der Waals surface area contributed by atoms with Crippen LogP contribution in [0.2, 0.25) is 0 Å². The van der Waals surface area contributed by atoms with Crippen molar-refractivity contribution < 1.29 is 19.0 Å². The quantitative estimate of drug-likeness (QED) is 0.544. The summed E-state index contributed by atoms with van der Waals surface area (Å²) in [6.07, 6.45) is 5.27. The Morgan fingerprint density at radius 1 is 1.34 bits per heavy atom. The molecule has 0 amide bonds. The summed E-state index contributed by atoms with van der Waals surface area (Å²) in [7, 11) is 1.60. The molecule has 32 heavy (non-hydrogen) atoms. The molecule has 0 radical (unpaired) electrons. The number of fused-ring (bicyclic) bond motifs is 3. The zero-order chi connectivity index (χ0) is 23.0. The van der Waals surface area contributed by atoms with Gasteiger partial charge in [0.05, 0.1) is 24.9 Å². The van der Waals surface area contributed by atoms with Gasteiger partial charge in [-0.1, -0.05) is 18.2 Å². The van der Waals surface area contributed by atoms with Gasteiger partial charge in [0.1, 0.15) is 11.4 Å². The van der Waals surface area contributed by atoms with E-state index in [1.165, 1.54) is 11.6 Å². The second-order valence-corrected chi connectivity index (χ2v) is 8.98. The molecule has 6 nitrogen and oxygen atoms in total. The van der Waals surface area contributed by atoms with Crippen LogP contribution >= 0.6 is 0 Å². The lowest BCUT2D eigenvalue weighted by molar-refractivity contribution is -0.131. The van der Waals surface area contributed by atoms with Gasteiger partial charge in [-0.25, -0.2) is 9.18 Å². The number of alkyl halides is 1. The molecule has 0 aliphatic carbocycles. The minimum absolute atomic E-state index is 0.0966. The number of H-pyrrole nitrogens is 1. The predicted molar refractivity (Wildman–Crippen MR) is 123 cm³/mol. The van der Waals surface area contributed by atoms with E-state index in [0.717, 1.165) is 40.1 Å². The van der Waals surface area contributed by atoms with E-state index >= 15 is 0 Å². The standard InChI is InChI=1S/C25H28FN3O3/c1-15-11-19-17(8-9-21-20(19)13-27-28-21)24(29(15)14-25(2,3)26)18-7-5-16(6-10-23(30)31)12-22(18)32-4/h5-10,12-13,15,24H,11,14H2,1-4H3,(H,27,28)(H,30,31)/b10-6+/t15-,24+/m1/s1. The molecule has 2 aromatic carbocycles. The Labute approximate surface area is 186 Å². The first-order valence-electron chi connectivity index (χ1n) is 10.7. The lowest BCUT2D eigenvalue weighted by Crippen LogP contribution is -2.47. The van der Waals surface area contributed by atoms with Gasteiger partial charge in [0, 0.05) is 29.6 Å². The molecule has 2 heterocycles. The van der Waals surface area contributed by atoms with E-state index < -0.39 is 11.6 Å². The first-order chi connectivity index (χ1) is 15.2. The number of nitrogens with zero attached hydrogens (tertiary/aromatic N) is 2. The molecule has 0 saturated heterocycles. The van der Waals surface area contributed by atoms with Gasteiger partial charge in [-0.2, -0.15) is 5.10 Å². The van der Waals surface area contributed by atoms with Gasteiger partial charge in [-0.05, 0) is 62.1 Å². The van der Waals surface area contributed by atoms with Gasteiger partial charge in [-0.3, -0.25) is 10.00 Å². The molecule has 0 spiro atoms. The fourth-order valence-electron chi connectivity index (χ4n) is 4.67. The van der Waals surface area contributed by atoms with Gasteiger partial charge in [0.2, 0.25) is 0 Å². The van der Waals surface area contributed by atoms with Crippen molar-refractivity contribution in [2.45, 2.75) is 44.9 Å². The van der Waals surface area contributed by atoms with Gasteiger partial charge in [-0.15, -0.1) is 0 Å². The van der Waals surface area contributed by atoms with Crippen LogP contribution in [-0.4, -0.2) is 51.5 Å². The number of ether oxygens (including phenoxy) is 1. The van der Waals surface area contributed by atoms with E-state index in [1.807, 2.05) is 30.5 Å².